The van der Waals surface area contributed by atoms with E-state index in [9.17, 15) is 35.7 Å². The van der Waals surface area contributed by atoms with Gasteiger partial charge in [-0.2, -0.15) is 0 Å². The Morgan fingerprint density at radius 2 is 1.67 bits per heavy atom. The summed E-state index contributed by atoms with van der Waals surface area (Å²) in [6.45, 7) is 9.66. The van der Waals surface area contributed by atoms with E-state index in [0.29, 0.717) is 42.9 Å². The Labute approximate surface area is 272 Å². The van der Waals surface area contributed by atoms with Crippen LogP contribution in [0.2, 0.25) is 0 Å². The Kier molecular flexibility index (Phi) is 9.37. The molecule has 2 heterocycles. The highest BCUT2D eigenvalue weighted by Gasteiger charge is 2.64. The van der Waals surface area contributed by atoms with Crippen molar-refractivity contribution in [3.63, 3.8) is 0 Å². The molecule has 0 aromatic carbocycles. The lowest BCUT2D eigenvalue weighted by molar-refractivity contribution is -0.400. The summed E-state index contributed by atoms with van der Waals surface area (Å²) in [6, 6.07) is 0. The minimum atomic E-state index is -1.67. The van der Waals surface area contributed by atoms with Gasteiger partial charge in [-0.05, 0) is 87.4 Å². The SMILES string of the molecule is CO[C@@]1(C)C[C@H]([C@@H](C)[C@@H]2CC[C@@H]3[C@@H]4CC=C5C[C@@H](O)C[C@@H](O)[C@]5(C)[C@@H]4CC[C@]32C)O[C@@H](O[C@@H]2O[C@@H](CO)[C@H](O)[C@H](O)[C@H]2O)[C@]1(C)O. The van der Waals surface area contributed by atoms with E-state index in [1.165, 1.54) is 5.57 Å². The third-order valence-corrected chi connectivity index (χ3v) is 14.4. The molecule has 0 spiro atoms. The quantitative estimate of drug-likeness (QED) is 0.207. The summed E-state index contributed by atoms with van der Waals surface area (Å²) in [7, 11) is 1.55. The highest BCUT2D eigenvalue weighted by atomic mass is 16.8. The van der Waals surface area contributed by atoms with Gasteiger partial charge in [0.2, 0.25) is 0 Å². The van der Waals surface area contributed by atoms with Crippen LogP contribution in [-0.2, 0) is 18.9 Å². The smallest absolute Gasteiger partial charge is 0.192 e. The average molecular weight is 655 g/mol. The summed E-state index contributed by atoms with van der Waals surface area (Å²) >= 11 is 0. The van der Waals surface area contributed by atoms with Crippen LogP contribution in [0.25, 0.3) is 0 Å². The summed E-state index contributed by atoms with van der Waals surface area (Å²) < 4.78 is 24.2. The summed E-state index contributed by atoms with van der Waals surface area (Å²) in [6.07, 6.45) is -1.05. The molecule has 6 rings (SSSR count). The average Bonchev–Trinajstić information content (AvgIpc) is 3.37. The van der Waals surface area contributed by atoms with Crippen LogP contribution in [0, 0.1) is 40.4 Å². The first kappa shape index (κ1) is 35.1. The van der Waals surface area contributed by atoms with Crippen LogP contribution in [0.3, 0.4) is 0 Å². The first-order valence-electron chi connectivity index (χ1n) is 17.5. The number of rotatable bonds is 6. The zero-order valence-corrected chi connectivity index (χ0v) is 28.3. The van der Waals surface area contributed by atoms with Gasteiger partial charge >= 0.3 is 0 Å². The molecular weight excluding hydrogens is 596 g/mol. The van der Waals surface area contributed by atoms with Crippen molar-refractivity contribution in [1.29, 1.82) is 0 Å². The maximum absolute atomic E-state index is 11.8. The fourth-order valence-corrected chi connectivity index (χ4v) is 11.1. The Morgan fingerprint density at radius 3 is 2.35 bits per heavy atom. The molecule has 0 amide bonds. The molecule has 11 nitrogen and oxygen atoms in total. The van der Waals surface area contributed by atoms with Crippen molar-refractivity contribution in [1.82, 2.24) is 0 Å². The van der Waals surface area contributed by atoms with Crippen molar-refractivity contribution < 1.29 is 54.7 Å². The number of fused-ring (bicyclic) bond motifs is 5. The molecule has 264 valence electrons. The second-order valence-electron chi connectivity index (χ2n) is 16.4. The van der Waals surface area contributed by atoms with Crippen molar-refractivity contribution in [2.75, 3.05) is 13.7 Å². The molecule has 18 atom stereocenters. The molecule has 4 aliphatic carbocycles. The van der Waals surface area contributed by atoms with E-state index in [1.54, 1.807) is 14.0 Å². The molecular formula is C35H58O11. The first-order valence-corrected chi connectivity index (χ1v) is 17.5. The maximum Gasteiger partial charge on any atom is 0.192 e. The van der Waals surface area contributed by atoms with E-state index in [1.807, 2.05) is 6.92 Å². The lowest BCUT2D eigenvalue weighted by atomic mass is 9.46. The molecule has 0 radical (unpaired) electrons. The van der Waals surface area contributed by atoms with Gasteiger partial charge in [0.25, 0.3) is 0 Å². The fraction of sp³-hybridized carbons (Fsp3) is 0.943. The molecule has 6 aliphatic rings. The second kappa shape index (κ2) is 12.3. The largest absolute Gasteiger partial charge is 0.394 e. The number of hydrogen-bond acceptors (Lipinski definition) is 11. The highest BCUT2D eigenvalue weighted by molar-refractivity contribution is 5.27. The van der Waals surface area contributed by atoms with E-state index in [-0.39, 0.29) is 22.9 Å². The lowest BCUT2D eigenvalue weighted by Gasteiger charge is -2.60. The van der Waals surface area contributed by atoms with Gasteiger partial charge in [-0.1, -0.05) is 32.4 Å². The lowest BCUT2D eigenvalue weighted by Crippen LogP contribution is -2.69. The van der Waals surface area contributed by atoms with E-state index < -0.39 is 67.0 Å². The van der Waals surface area contributed by atoms with Gasteiger partial charge in [0.1, 0.15) is 35.6 Å². The van der Waals surface area contributed by atoms with Crippen molar-refractivity contribution in [2.45, 2.75) is 152 Å². The van der Waals surface area contributed by atoms with Gasteiger partial charge < -0.3 is 54.7 Å². The van der Waals surface area contributed by atoms with Crippen molar-refractivity contribution in [3.8, 4) is 0 Å². The summed E-state index contributed by atoms with van der Waals surface area (Å²) in [5.74, 6) is 1.75. The van der Waals surface area contributed by atoms with Crippen LogP contribution in [0.5, 0.6) is 0 Å². The molecule has 11 heteroatoms. The second-order valence-corrected chi connectivity index (χ2v) is 16.4. The summed E-state index contributed by atoms with van der Waals surface area (Å²) in [5.41, 5.74) is -1.76. The van der Waals surface area contributed by atoms with Gasteiger partial charge in [-0.15, -0.1) is 0 Å². The number of methoxy groups -OCH3 is 1. The summed E-state index contributed by atoms with van der Waals surface area (Å²) in [4.78, 5) is 0. The predicted molar refractivity (Wildman–Crippen MR) is 166 cm³/mol. The number of aliphatic hydroxyl groups excluding tert-OH is 6. The monoisotopic (exact) mass is 654 g/mol. The molecule has 2 aliphatic heterocycles. The van der Waals surface area contributed by atoms with Crippen molar-refractivity contribution >= 4 is 0 Å². The minimum Gasteiger partial charge on any atom is -0.394 e. The molecule has 0 bridgehead atoms. The van der Waals surface area contributed by atoms with E-state index in [0.717, 1.165) is 32.1 Å². The molecule has 3 saturated carbocycles. The normalized spacial score (nSPS) is 56.4. The Morgan fingerprint density at radius 1 is 0.957 bits per heavy atom. The molecule has 0 unspecified atom stereocenters. The minimum absolute atomic E-state index is 0.0574. The van der Waals surface area contributed by atoms with Crippen LogP contribution >= 0.6 is 0 Å². The zero-order chi connectivity index (χ0) is 33.6. The van der Waals surface area contributed by atoms with Crippen LogP contribution < -0.4 is 0 Å². The van der Waals surface area contributed by atoms with Gasteiger partial charge in [-0.3, -0.25) is 0 Å². The molecule has 46 heavy (non-hydrogen) atoms. The molecule has 0 aromatic heterocycles. The van der Waals surface area contributed by atoms with Gasteiger partial charge in [0, 0.05) is 25.4 Å². The number of ether oxygens (including phenoxy) is 4. The molecule has 7 N–H and O–H groups in total. The van der Waals surface area contributed by atoms with E-state index in [4.69, 9.17) is 18.9 Å². The van der Waals surface area contributed by atoms with Gasteiger partial charge in [-0.25, -0.2) is 0 Å². The molecule has 0 aromatic rings. The standard InChI is InChI=1S/C35H58O11/c1-17(21-9-10-22-20-8-7-18-13-19(37)14-26(38)34(18,4)23(20)11-12-32(21,22)2)24-15-33(3,43-6)35(5,42)31(45-24)46-30-29(41)28(40)27(39)25(16-36)44-30/h7,17,19-31,36-42H,8-16H2,1-6H3/t17-,19+,20-,21-,22+,23+,24+,25-,26+,27-,28-,29+,30-,31-,32-,33-,34-,35-/m0/s1. The third-order valence-electron chi connectivity index (χ3n) is 14.4. The summed E-state index contributed by atoms with van der Waals surface area (Å²) in [5, 5.41) is 74.5. The number of aliphatic hydroxyl groups is 7. The fourth-order valence-electron chi connectivity index (χ4n) is 11.1. The van der Waals surface area contributed by atoms with Crippen LogP contribution in [0.1, 0.15) is 86.0 Å². The van der Waals surface area contributed by atoms with Crippen LogP contribution in [0.15, 0.2) is 11.6 Å². The first-order chi connectivity index (χ1) is 21.5. The number of hydrogen-bond donors (Lipinski definition) is 7. The molecule has 2 saturated heterocycles. The van der Waals surface area contributed by atoms with Gasteiger partial charge in [0.05, 0.1) is 24.9 Å². The van der Waals surface area contributed by atoms with Crippen molar-refractivity contribution in [2.24, 2.45) is 40.4 Å². The molecule has 5 fully saturated rings. The van der Waals surface area contributed by atoms with Crippen molar-refractivity contribution in [3.05, 3.63) is 11.6 Å². The van der Waals surface area contributed by atoms with E-state index in [2.05, 4.69) is 26.8 Å². The van der Waals surface area contributed by atoms with Crippen LogP contribution in [0.4, 0.5) is 0 Å². The van der Waals surface area contributed by atoms with Crippen LogP contribution in [-0.4, -0.2) is 116 Å². The topological polar surface area (TPSA) is 179 Å². The predicted octanol–water partition coefficient (Wildman–Crippen LogP) is 1.62. The Bertz CT molecular complexity index is 1150. The van der Waals surface area contributed by atoms with Gasteiger partial charge in [0.15, 0.2) is 12.6 Å². The maximum atomic E-state index is 11.8. The Balaban J connectivity index is 1.23. The number of allylic oxidation sites excluding steroid dienone is 1. The third kappa shape index (κ3) is 5.18. The highest BCUT2D eigenvalue weighted by Crippen LogP contribution is 2.67. The van der Waals surface area contributed by atoms with E-state index >= 15 is 0 Å². The zero-order valence-electron chi connectivity index (χ0n) is 28.3. The Hall–Kier alpha value is -0.700.